The van der Waals surface area contributed by atoms with Crippen LogP contribution in [-0.2, 0) is 6.42 Å². The highest BCUT2D eigenvalue weighted by molar-refractivity contribution is 9.10. The molecule has 0 aliphatic heterocycles. The van der Waals surface area contributed by atoms with E-state index in [1.54, 1.807) is 0 Å². The van der Waals surface area contributed by atoms with Crippen LogP contribution in [0.5, 0.6) is 0 Å². The monoisotopic (exact) mass is 245 g/mol. The molecule has 0 bridgehead atoms. The minimum Gasteiger partial charge on any atom is -0.388 e. The highest BCUT2D eigenvalue weighted by atomic mass is 79.9. The first-order valence-electron chi connectivity index (χ1n) is 4.32. The Morgan fingerprint density at radius 3 is 3.00 bits per heavy atom. The van der Waals surface area contributed by atoms with Crippen molar-refractivity contribution in [1.82, 2.24) is 5.16 Å². The van der Waals surface area contributed by atoms with Crippen molar-refractivity contribution in [3.63, 3.8) is 0 Å². The average molecular weight is 246 g/mol. The van der Waals surface area contributed by atoms with Gasteiger partial charge in [-0.25, -0.2) is 0 Å². The zero-order valence-corrected chi connectivity index (χ0v) is 9.26. The largest absolute Gasteiger partial charge is 0.388 e. The van der Waals surface area contributed by atoms with Crippen molar-refractivity contribution in [3.8, 4) is 0 Å². The molecule has 0 saturated carbocycles. The SMILES string of the molecule is CC1(C)Cc2onc(Br)c2C(O)C1. The molecule has 0 spiro atoms. The normalized spacial score (nSPS) is 25.7. The van der Waals surface area contributed by atoms with Crippen LogP contribution >= 0.6 is 15.9 Å². The Labute approximate surface area is 85.2 Å². The van der Waals surface area contributed by atoms with Gasteiger partial charge in [0.25, 0.3) is 0 Å². The van der Waals surface area contributed by atoms with E-state index in [0.717, 1.165) is 24.2 Å². The van der Waals surface area contributed by atoms with Gasteiger partial charge in [-0.1, -0.05) is 19.0 Å². The van der Waals surface area contributed by atoms with Gasteiger partial charge in [0.2, 0.25) is 0 Å². The summed E-state index contributed by atoms with van der Waals surface area (Å²) in [6.07, 6.45) is 1.16. The summed E-state index contributed by atoms with van der Waals surface area (Å²) in [6.45, 7) is 4.24. The molecule has 0 amide bonds. The molecule has 1 unspecified atom stereocenters. The second-order valence-corrected chi connectivity index (χ2v) is 5.12. The molecule has 3 nitrogen and oxygen atoms in total. The van der Waals surface area contributed by atoms with Gasteiger partial charge in [0.15, 0.2) is 4.60 Å². The molecular formula is C9H12BrNO2. The van der Waals surface area contributed by atoms with Crippen LogP contribution < -0.4 is 0 Å². The minimum atomic E-state index is -0.445. The molecule has 72 valence electrons. The first kappa shape index (κ1) is 9.21. The van der Waals surface area contributed by atoms with Gasteiger partial charge in [-0.15, -0.1) is 0 Å². The highest BCUT2D eigenvalue weighted by Gasteiger charge is 2.35. The molecule has 1 aliphatic rings. The second kappa shape index (κ2) is 2.82. The number of nitrogens with zero attached hydrogens (tertiary/aromatic N) is 1. The third kappa shape index (κ3) is 1.53. The van der Waals surface area contributed by atoms with Crippen molar-refractivity contribution in [2.24, 2.45) is 5.41 Å². The summed E-state index contributed by atoms with van der Waals surface area (Å²) in [6, 6.07) is 0. The first-order chi connectivity index (χ1) is 5.99. The molecule has 0 fully saturated rings. The zero-order valence-electron chi connectivity index (χ0n) is 7.67. The van der Waals surface area contributed by atoms with Crippen LogP contribution in [0.2, 0.25) is 0 Å². The predicted molar refractivity (Wildman–Crippen MR) is 51.3 cm³/mol. The molecule has 1 aliphatic carbocycles. The number of hydrogen-bond donors (Lipinski definition) is 1. The number of fused-ring (bicyclic) bond motifs is 1. The highest BCUT2D eigenvalue weighted by Crippen LogP contribution is 2.43. The van der Waals surface area contributed by atoms with E-state index in [4.69, 9.17) is 4.52 Å². The maximum Gasteiger partial charge on any atom is 0.155 e. The summed E-state index contributed by atoms with van der Waals surface area (Å²) >= 11 is 3.27. The Kier molecular flexibility index (Phi) is 2.00. The number of rotatable bonds is 0. The van der Waals surface area contributed by atoms with Crippen molar-refractivity contribution in [1.29, 1.82) is 0 Å². The quantitative estimate of drug-likeness (QED) is 0.764. The fourth-order valence-corrected chi connectivity index (χ4v) is 2.45. The van der Waals surface area contributed by atoms with Crippen molar-refractivity contribution in [2.45, 2.75) is 32.8 Å². The number of aromatic nitrogens is 1. The standard InChI is InChI=1S/C9H12BrNO2/c1-9(2)3-5(12)7-6(4-9)13-11-8(7)10/h5,12H,3-4H2,1-2H3. The Hall–Kier alpha value is -0.350. The summed E-state index contributed by atoms with van der Waals surface area (Å²) in [5.41, 5.74) is 0.935. The fourth-order valence-electron chi connectivity index (χ4n) is 1.89. The van der Waals surface area contributed by atoms with Crippen LogP contribution in [0.3, 0.4) is 0 Å². The maximum absolute atomic E-state index is 9.84. The Bertz CT molecular complexity index is 332. The third-order valence-corrected chi connectivity index (χ3v) is 3.05. The van der Waals surface area contributed by atoms with Crippen molar-refractivity contribution in [3.05, 3.63) is 15.9 Å². The van der Waals surface area contributed by atoms with E-state index in [-0.39, 0.29) is 5.41 Å². The molecule has 1 N–H and O–H groups in total. The summed E-state index contributed by atoms with van der Waals surface area (Å²) < 4.78 is 5.78. The molecule has 1 heterocycles. The van der Waals surface area contributed by atoms with Crippen LogP contribution in [0.15, 0.2) is 9.13 Å². The predicted octanol–water partition coefficient (Wildman–Crippen LogP) is 2.44. The van der Waals surface area contributed by atoms with Gasteiger partial charge < -0.3 is 9.63 Å². The first-order valence-corrected chi connectivity index (χ1v) is 5.11. The molecule has 1 aromatic heterocycles. The zero-order chi connectivity index (χ0) is 9.64. The molecule has 4 heteroatoms. The van der Waals surface area contributed by atoms with Crippen LogP contribution in [0, 0.1) is 5.41 Å². The van der Waals surface area contributed by atoms with E-state index in [1.807, 2.05) is 0 Å². The van der Waals surface area contributed by atoms with Gasteiger partial charge in [-0.05, 0) is 27.8 Å². The Balaban J connectivity index is 2.44. The Morgan fingerprint density at radius 1 is 1.62 bits per heavy atom. The smallest absolute Gasteiger partial charge is 0.155 e. The lowest BCUT2D eigenvalue weighted by Crippen LogP contribution is -2.24. The van der Waals surface area contributed by atoms with Crippen LogP contribution in [0.4, 0.5) is 0 Å². The van der Waals surface area contributed by atoms with Gasteiger partial charge in [-0.3, -0.25) is 0 Å². The molecule has 1 aromatic rings. The van der Waals surface area contributed by atoms with Crippen LogP contribution in [0.25, 0.3) is 0 Å². The summed E-state index contributed by atoms with van der Waals surface area (Å²) in [4.78, 5) is 0. The van der Waals surface area contributed by atoms with E-state index >= 15 is 0 Å². The van der Waals surface area contributed by atoms with Crippen LogP contribution in [-0.4, -0.2) is 10.3 Å². The lowest BCUT2D eigenvalue weighted by Gasteiger charge is -2.31. The maximum atomic E-state index is 9.84. The molecule has 0 saturated heterocycles. The lowest BCUT2D eigenvalue weighted by atomic mass is 9.76. The number of halogens is 1. The van der Waals surface area contributed by atoms with Gasteiger partial charge in [-0.2, -0.15) is 0 Å². The summed E-state index contributed by atoms with van der Waals surface area (Å²) in [5.74, 6) is 0.815. The molecular weight excluding hydrogens is 234 g/mol. The average Bonchev–Trinajstić information content (AvgIpc) is 2.28. The van der Waals surface area contributed by atoms with Crippen molar-refractivity contribution in [2.75, 3.05) is 0 Å². The van der Waals surface area contributed by atoms with Crippen molar-refractivity contribution < 1.29 is 9.63 Å². The second-order valence-electron chi connectivity index (χ2n) is 4.37. The number of aliphatic hydroxyl groups excluding tert-OH is 1. The van der Waals surface area contributed by atoms with Gasteiger partial charge in [0, 0.05) is 6.42 Å². The molecule has 0 aromatic carbocycles. The molecule has 2 rings (SSSR count). The van der Waals surface area contributed by atoms with Gasteiger partial charge in [0.05, 0.1) is 11.7 Å². The summed E-state index contributed by atoms with van der Waals surface area (Å²) in [7, 11) is 0. The van der Waals surface area contributed by atoms with Crippen LogP contribution in [0.1, 0.15) is 37.7 Å². The lowest BCUT2D eigenvalue weighted by molar-refractivity contribution is 0.0918. The number of hydrogen-bond acceptors (Lipinski definition) is 3. The van der Waals surface area contributed by atoms with Gasteiger partial charge >= 0.3 is 0 Å². The number of aliphatic hydroxyl groups is 1. The Morgan fingerprint density at radius 2 is 2.31 bits per heavy atom. The topological polar surface area (TPSA) is 46.3 Å². The summed E-state index contributed by atoms with van der Waals surface area (Å²) in [5, 5.41) is 13.6. The molecule has 0 radical (unpaired) electrons. The third-order valence-electron chi connectivity index (χ3n) is 2.48. The van der Waals surface area contributed by atoms with Crippen molar-refractivity contribution >= 4 is 15.9 Å². The fraction of sp³-hybridized carbons (Fsp3) is 0.667. The van der Waals surface area contributed by atoms with E-state index in [1.165, 1.54) is 0 Å². The van der Waals surface area contributed by atoms with E-state index in [9.17, 15) is 5.11 Å². The molecule has 1 atom stereocenters. The van der Waals surface area contributed by atoms with E-state index in [2.05, 4.69) is 34.9 Å². The molecule has 13 heavy (non-hydrogen) atoms. The minimum absolute atomic E-state index is 0.103. The van der Waals surface area contributed by atoms with Gasteiger partial charge in [0.1, 0.15) is 5.76 Å². The van der Waals surface area contributed by atoms with E-state index < -0.39 is 6.10 Å². The van der Waals surface area contributed by atoms with E-state index in [0.29, 0.717) is 4.60 Å².